The molecule has 2 N–H and O–H groups in total. The molecule has 2 amide bonds. The number of carbonyl (C=O) groups excluding carboxylic acids is 2. The average Bonchev–Trinajstić information content (AvgIpc) is 2.80. The number of ether oxygens (including phenoxy) is 1. The van der Waals surface area contributed by atoms with Crippen LogP contribution in [0, 0.1) is 19.8 Å². The van der Waals surface area contributed by atoms with Crippen molar-refractivity contribution in [2.45, 2.75) is 31.2 Å². The largest absolute Gasteiger partial charge is 0.492 e. The van der Waals surface area contributed by atoms with Gasteiger partial charge in [-0.15, -0.1) is 0 Å². The maximum Gasteiger partial charge on any atom is 0.269 e. The number of rotatable bonds is 5. The van der Waals surface area contributed by atoms with Gasteiger partial charge in [-0.25, -0.2) is 9.97 Å². The number of thioether (sulfide) groups is 1. The molecule has 1 aromatic heterocycles. The van der Waals surface area contributed by atoms with Crippen LogP contribution in [0.3, 0.4) is 0 Å². The summed E-state index contributed by atoms with van der Waals surface area (Å²) in [6.45, 7) is 4.13. The number of carbonyl (C=O) groups is 2. The van der Waals surface area contributed by atoms with Crippen molar-refractivity contribution < 1.29 is 14.3 Å². The van der Waals surface area contributed by atoms with Crippen LogP contribution in [0.5, 0.6) is 5.75 Å². The lowest BCUT2D eigenvalue weighted by Crippen LogP contribution is -2.47. The Morgan fingerprint density at radius 3 is 2.52 bits per heavy atom. The molecular weight excluding hydrogens is 460 g/mol. The first-order valence-electron chi connectivity index (χ1n) is 10.4. The number of fused-ring (bicyclic) bond motifs is 1. The van der Waals surface area contributed by atoms with E-state index in [2.05, 4.69) is 20.8 Å². The molecule has 0 spiro atoms. The number of aromatic nitrogens is 2. The molecule has 1 aliphatic rings. The minimum atomic E-state index is -0.414. The van der Waals surface area contributed by atoms with Crippen LogP contribution in [-0.4, -0.2) is 28.4 Å². The van der Waals surface area contributed by atoms with Gasteiger partial charge in [0.2, 0.25) is 5.91 Å². The van der Waals surface area contributed by atoms with E-state index in [1.54, 1.807) is 42.1 Å². The lowest BCUT2D eigenvalue weighted by Gasteiger charge is -2.24. The van der Waals surface area contributed by atoms with Gasteiger partial charge in [-0.05, 0) is 67.8 Å². The van der Waals surface area contributed by atoms with E-state index in [9.17, 15) is 9.59 Å². The van der Waals surface area contributed by atoms with Gasteiger partial charge in [-0.1, -0.05) is 35.5 Å². The van der Waals surface area contributed by atoms with E-state index in [1.165, 1.54) is 0 Å². The average molecular weight is 483 g/mol. The number of nitrogens with zero attached hydrogens (tertiary/aromatic N) is 2. The van der Waals surface area contributed by atoms with Gasteiger partial charge in [0.25, 0.3) is 5.91 Å². The Labute approximate surface area is 201 Å². The molecule has 0 fully saturated rings. The van der Waals surface area contributed by atoms with E-state index < -0.39 is 5.92 Å². The summed E-state index contributed by atoms with van der Waals surface area (Å²) in [4.78, 5) is 33.8. The number of amides is 2. The highest BCUT2D eigenvalue weighted by Gasteiger charge is 2.26. The molecule has 170 valence electrons. The highest BCUT2D eigenvalue weighted by atomic mass is 35.5. The summed E-state index contributed by atoms with van der Waals surface area (Å²) >= 11 is 7.57. The van der Waals surface area contributed by atoms with Gasteiger partial charge in [-0.3, -0.25) is 20.4 Å². The second kappa shape index (κ2) is 10.2. The summed E-state index contributed by atoms with van der Waals surface area (Å²) in [5, 5.41) is 1.32. The second-order valence-corrected chi connectivity index (χ2v) is 9.21. The second-order valence-electron chi connectivity index (χ2n) is 7.83. The zero-order valence-electron chi connectivity index (χ0n) is 18.2. The third kappa shape index (κ3) is 6.03. The zero-order valence-corrected chi connectivity index (χ0v) is 19.8. The minimum Gasteiger partial charge on any atom is -0.492 e. The van der Waals surface area contributed by atoms with Crippen molar-refractivity contribution in [1.29, 1.82) is 0 Å². The lowest BCUT2D eigenvalue weighted by atomic mass is 9.96. The number of halogens is 1. The van der Waals surface area contributed by atoms with E-state index >= 15 is 0 Å². The van der Waals surface area contributed by atoms with Crippen molar-refractivity contribution in [1.82, 2.24) is 20.8 Å². The highest BCUT2D eigenvalue weighted by molar-refractivity contribution is 7.98. The maximum atomic E-state index is 12.5. The zero-order chi connectivity index (χ0) is 23.4. The van der Waals surface area contributed by atoms with E-state index in [0.29, 0.717) is 22.8 Å². The molecule has 0 radical (unpaired) electrons. The molecule has 4 rings (SSSR count). The molecule has 9 heteroatoms. The summed E-state index contributed by atoms with van der Waals surface area (Å²) in [6.07, 6.45) is 0.494. The third-order valence-corrected chi connectivity index (χ3v) is 6.30. The van der Waals surface area contributed by atoms with Crippen LogP contribution in [0.4, 0.5) is 0 Å². The summed E-state index contributed by atoms with van der Waals surface area (Å²) in [6, 6.07) is 14.5. The van der Waals surface area contributed by atoms with Crippen molar-refractivity contribution in [3.8, 4) is 5.75 Å². The van der Waals surface area contributed by atoms with Crippen molar-refractivity contribution in [2.75, 3.05) is 6.61 Å². The number of benzene rings is 2. The molecule has 0 bridgehead atoms. The summed E-state index contributed by atoms with van der Waals surface area (Å²) < 4.78 is 5.64. The predicted octanol–water partition coefficient (Wildman–Crippen LogP) is 4.05. The number of aryl methyl sites for hydroxylation is 2. The van der Waals surface area contributed by atoms with Gasteiger partial charge >= 0.3 is 0 Å². The monoisotopic (exact) mass is 482 g/mol. The molecule has 2 heterocycles. The van der Waals surface area contributed by atoms with Gasteiger partial charge in [0.1, 0.15) is 12.4 Å². The van der Waals surface area contributed by atoms with Crippen LogP contribution in [-0.2, 0) is 17.0 Å². The molecule has 2 aromatic carbocycles. The Hall–Kier alpha value is -3.10. The van der Waals surface area contributed by atoms with E-state index in [1.807, 2.05) is 32.0 Å². The summed E-state index contributed by atoms with van der Waals surface area (Å²) in [5.41, 5.74) is 9.21. The fraction of sp³-hybridized carbons (Fsp3) is 0.250. The standard InChI is InChI=1S/C24H23ClN4O3S/c1-14-9-15(2)27-24(26-14)33-13-16-3-5-17(6-4-16)22(30)28-29-23(31)19-10-18-11-20(25)7-8-21(18)32-12-19/h3-9,11,19H,10,12-13H2,1-2H3,(H,28,30)(H,29,31). The first-order chi connectivity index (χ1) is 15.9. The van der Waals surface area contributed by atoms with Crippen LogP contribution >= 0.6 is 23.4 Å². The quantitative estimate of drug-likeness (QED) is 0.324. The predicted molar refractivity (Wildman–Crippen MR) is 127 cm³/mol. The van der Waals surface area contributed by atoms with Crippen molar-refractivity contribution >= 4 is 35.2 Å². The Kier molecular flexibility index (Phi) is 7.15. The van der Waals surface area contributed by atoms with Crippen LogP contribution in [0.1, 0.15) is 32.9 Å². The summed E-state index contributed by atoms with van der Waals surface area (Å²) in [5.74, 6) is 0.308. The Morgan fingerprint density at radius 2 is 1.79 bits per heavy atom. The molecule has 0 saturated heterocycles. The normalized spacial score (nSPS) is 14.7. The van der Waals surface area contributed by atoms with Gasteiger partial charge < -0.3 is 4.74 Å². The maximum absolute atomic E-state index is 12.5. The third-order valence-electron chi connectivity index (χ3n) is 5.14. The molecule has 1 atom stereocenters. The summed E-state index contributed by atoms with van der Waals surface area (Å²) in [7, 11) is 0. The topological polar surface area (TPSA) is 93.2 Å². The Bertz CT molecular complexity index is 1170. The lowest BCUT2D eigenvalue weighted by molar-refractivity contribution is -0.127. The van der Waals surface area contributed by atoms with Crippen LogP contribution < -0.4 is 15.6 Å². The number of hydrogen-bond acceptors (Lipinski definition) is 6. The van der Waals surface area contributed by atoms with E-state index in [0.717, 1.165) is 33.4 Å². The Balaban J connectivity index is 1.27. The molecule has 1 aliphatic heterocycles. The Morgan fingerprint density at radius 1 is 1.06 bits per heavy atom. The first kappa shape index (κ1) is 23.1. The van der Waals surface area contributed by atoms with Crippen molar-refractivity contribution in [3.63, 3.8) is 0 Å². The SMILES string of the molecule is Cc1cc(C)nc(SCc2ccc(C(=O)NNC(=O)C3COc4ccc(Cl)cc4C3)cc2)n1. The smallest absolute Gasteiger partial charge is 0.269 e. The number of hydrazine groups is 1. The molecule has 0 aliphatic carbocycles. The fourth-order valence-corrected chi connectivity index (χ4v) is 4.58. The number of hydrogen-bond donors (Lipinski definition) is 2. The molecule has 33 heavy (non-hydrogen) atoms. The van der Waals surface area contributed by atoms with Gasteiger partial charge in [0.15, 0.2) is 5.16 Å². The van der Waals surface area contributed by atoms with Gasteiger partial charge in [-0.2, -0.15) is 0 Å². The molecule has 3 aromatic rings. The van der Waals surface area contributed by atoms with Crippen LogP contribution in [0.25, 0.3) is 0 Å². The van der Waals surface area contributed by atoms with Crippen LogP contribution in [0.2, 0.25) is 5.02 Å². The van der Waals surface area contributed by atoms with Crippen molar-refractivity contribution in [2.24, 2.45) is 5.92 Å². The van der Waals surface area contributed by atoms with Gasteiger partial charge in [0.05, 0.1) is 5.92 Å². The first-order valence-corrected chi connectivity index (χ1v) is 11.8. The van der Waals surface area contributed by atoms with Crippen molar-refractivity contribution in [3.05, 3.63) is 81.6 Å². The minimum absolute atomic E-state index is 0.243. The molecule has 0 saturated carbocycles. The molecular formula is C24H23ClN4O3S. The number of nitrogens with one attached hydrogen (secondary N) is 2. The molecule has 1 unspecified atom stereocenters. The van der Waals surface area contributed by atoms with E-state index in [4.69, 9.17) is 16.3 Å². The van der Waals surface area contributed by atoms with E-state index in [-0.39, 0.29) is 18.4 Å². The highest BCUT2D eigenvalue weighted by Crippen LogP contribution is 2.29. The molecule has 7 nitrogen and oxygen atoms in total. The fourth-order valence-electron chi connectivity index (χ4n) is 3.48. The van der Waals surface area contributed by atoms with Crippen LogP contribution in [0.15, 0.2) is 53.7 Å². The van der Waals surface area contributed by atoms with Gasteiger partial charge in [0, 0.05) is 27.7 Å².